The first-order chi connectivity index (χ1) is 8.08. The van der Waals surface area contributed by atoms with Crippen molar-refractivity contribution in [1.82, 2.24) is 9.78 Å². The molecule has 0 saturated heterocycles. The maximum Gasteiger partial charge on any atom is 0.141 e. The molecule has 0 aliphatic rings. The first kappa shape index (κ1) is 13.9. The Kier molecular flexibility index (Phi) is 5.39. The molecule has 2 atom stereocenters. The Morgan fingerprint density at radius 2 is 2.12 bits per heavy atom. The molecule has 3 heteroatoms. The van der Waals surface area contributed by atoms with Crippen LogP contribution in [0, 0.1) is 5.92 Å². The topological polar surface area (TPSA) is 34.9 Å². The Hall–Kier alpha value is -1.12. The van der Waals surface area contributed by atoms with E-state index >= 15 is 0 Å². The molecule has 17 heavy (non-hydrogen) atoms. The molecule has 0 amide bonds. The molecule has 0 saturated carbocycles. The van der Waals surface area contributed by atoms with Crippen molar-refractivity contribution in [2.45, 2.75) is 59.4 Å². The third kappa shape index (κ3) is 3.99. The van der Waals surface area contributed by atoms with Crippen LogP contribution in [-0.4, -0.2) is 15.6 Å². The van der Waals surface area contributed by atoms with E-state index in [9.17, 15) is 4.79 Å². The molecular formula is C14H24N2O. The molecule has 1 heterocycles. The quantitative estimate of drug-likeness (QED) is 0.727. The van der Waals surface area contributed by atoms with E-state index < -0.39 is 0 Å². The summed E-state index contributed by atoms with van der Waals surface area (Å²) in [5, 5.41) is 4.46. The van der Waals surface area contributed by atoms with Gasteiger partial charge in [-0.05, 0) is 25.8 Å². The lowest BCUT2D eigenvalue weighted by Crippen LogP contribution is -2.14. The summed E-state index contributed by atoms with van der Waals surface area (Å²) in [6.45, 7) is 8.40. The maximum absolute atomic E-state index is 11.9. The fraction of sp³-hybridized carbons (Fsp3) is 0.714. The smallest absolute Gasteiger partial charge is 0.141 e. The van der Waals surface area contributed by atoms with Gasteiger partial charge in [0.25, 0.3) is 0 Å². The van der Waals surface area contributed by atoms with Crippen LogP contribution in [0.5, 0.6) is 0 Å². The standard InChI is InChI=1S/C14H24N2O/c1-5-7-11(3)14(17)10-13-8-9-16(15-13)12(4)6-2/h8-9,11-12H,5-7,10H2,1-4H3. The summed E-state index contributed by atoms with van der Waals surface area (Å²) in [7, 11) is 0. The van der Waals surface area contributed by atoms with Crippen molar-refractivity contribution >= 4 is 5.78 Å². The minimum absolute atomic E-state index is 0.161. The lowest BCUT2D eigenvalue weighted by molar-refractivity contribution is -0.121. The van der Waals surface area contributed by atoms with Gasteiger partial charge in [0.2, 0.25) is 0 Å². The molecule has 2 unspecified atom stereocenters. The summed E-state index contributed by atoms with van der Waals surface area (Å²) in [5.74, 6) is 0.468. The van der Waals surface area contributed by atoms with Gasteiger partial charge in [-0.25, -0.2) is 0 Å². The lowest BCUT2D eigenvalue weighted by atomic mass is 9.98. The van der Waals surface area contributed by atoms with E-state index in [1.807, 2.05) is 23.9 Å². The van der Waals surface area contributed by atoms with E-state index in [0.29, 0.717) is 18.2 Å². The second-order valence-corrected chi connectivity index (χ2v) is 4.88. The number of aromatic nitrogens is 2. The first-order valence-corrected chi connectivity index (χ1v) is 6.65. The molecule has 1 aromatic heterocycles. The highest BCUT2D eigenvalue weighted by Gasteiger charge is 2.14. The van der Waals surface area contributed by atoms with Crippen LogP contribution in [0.1, 0.15) is 58.7 Å². The van der Waals surface area contributed by atoms with Gasteiger partial charge in [-0.3, -0.25) is 9.48 Å². The van der Waals surface area contributed by atoms with E-state index in [4.69, 9.17) is 0 Å². The molecule has 0 N–H and O–H groups in total. The molecule has 3 nitrogen and oxygen atoms in total. The number of carbonyl (C=O) groups is 1. The van der Waals surface area contributed by atoms with Gasteiger partial charge in [0, 0.05) is 18.2 Å². The molecular weight excluding hydrogens is 212 g/mol. The SMILES string of the molecule is CCCC(C)C(=O)Cc1ccn(C(C)CC)n1. The van der Waals surface area contributed by atoms with Crippen molar-refractivity contribution in [3.05, 3.63) is 18.0 Å². The monoisotopic (exact) mass is 236 g/mol. The first-order valence-electron chi connectivity index (χ1n) is 6.65. The average Bonchev–Trinajstić information content (AvgIpc) is 2.76. The van der Waals surface area contributed by atoms with Gasteiger partial charge in [-0.1, -0.05) is 27.2 Å². The molecule has 0 aliphatic heterocycles. The van der Waals surface area contributed by atoms with Crippen LogP contribution in [0.25, 0.3) is 0 Å². The minimum Gasteiger partial charge on any atom is -0.299 e. The number of Topliss-reactive ketones (excluding diaryl/α,β-unsaturated/α-hetero) is 1. The third-order valence-corrected chi connectivity index (χ3v) is 3.33. The summed E-state index contributed by atoms with van der Waals surface area (Å²) in [5.41, 5.74) is 0.901. The van der Waals surface area contributed by atoms with Crippen LogP contribution in [0.4, 0.5) is 0 Å². The van der Waals surface area contributed by atoms with Crippen LogP contribution < -0.4 is 0 Å². The summed E-state index contributed by atoms with van der Waals surface area (Å²) < 4.78 is 1.95. The Bertz CT molecular complexity index is 357. The largest absolute Gasteiger partial charge is 0.299 e. The predicted octanol–water partition coefficient (Wildman–Crippen LogP) is 3.40. The van der Waals surface area contributed by atoms with Crippen molar-refractivity contribution < 1.29 is 4.79 Å². The molecule has 96 valence electrons. The minimum atomic E-state index is 0.161. The van der Waals surface area contributed by atoms with E-state index in [0.717, 1.165) is 25.0 Å². The second-order valence-electron chi connectivity index (χ2n) is 4.88. The van der Waals surface area contributed by atoms with Gasteiger partial charge < -0.3 is 0 Å². The average molecular weight is 236 g/mol. The van der Waals surface area contributed by atoms with Crippen molar-refractivity contribution in [2.75, 3.05) is 0 Å². The normalized spacial score (nSPS) is 14.6. The number of hydrogen-bond acceptors (Lipinski definition) is 2. The number of carbonyl (C=O) groups excluding carboxylic acids is 1. The van der Waals surface area contributed by atoms with Crippen molar-refractivity contribution in [2.24, 2.45) is 5.92 Å². The van der Waals surface area contributed by atoms with Crippen LogP contribution in [-0.2, 0) is 11.2 Å². The lowest BCUT2D eigenvalue weighted by Gasteiger charge is -2.09. The number of hydrogen-bond donors (Lipinski definition) is 0. The highest BCUT2D eigenvalue weighted by Crippen LogP contribution is 2.12. The van der Waals surface area contributed by atoms with Crippen molar-refractivity contribution in [3.63, 3.8) is 0 Å². The van der Waals surface area contributed by atoms with Crippen LogP contribution >= 0.6 is 0 Å². The molecule has 0 radical (unpaired) electrons. The maximum atomic E-state index is 11.9. The van der Waals surface area contributed by atoms with E-state index in [-0.39, 0.29) is 5.92 Å². The molecule has 1 rings (SSSR count). The number of rotatable bonds is 7. The highest BCUT2D eigenvalue weighted by molar-refractivity contribution is 5.82. The van der Waals surface area contributed by atoms with Gasteiger partial charge in [0.1, 0.15) is 5.78 Å². The van der Waals surface area contributed by atoms with Crippen molar-refractivity contribution in [1.29, 1.82) is 0 Å². The number of nitrogens with zero attached hydrogens (tertiary/aromatic N) is 2. The van der Waals surface area contributed by atoms with Gasteiger partial charge in [0.05, 0.1) is 12.1 Å². The molecule has 0 fully saturated rings. The summed E-state index contributed by atoms with van der Waals surface area (Å²) >= 11 is 0. The fourth-order valence-electron chi connectivity index (χ4n) is 1.85. The van der Waals surface area contributed by atoms with E-state index in [2.05, 4.69) is 25.9 Å². The van der Waals surface area contributed by atoms with E-state index in [1.165, 1.54) is 0 Å². The summed E-state index contributed by atoms with van der Waals surface area (Å²) in [6.07, 6.45) is 5.55. The Balaban J connectivity index is 2.57. The Morgan fingerprint density at radius 1 is 1.41 bits per heavy atom. The van der Waals surface area contributed by atoms with E-state index in [1.54, 1.807) is 0 Å². The predicted molar refractivity (Wildman–Crippen MR) is 70.0 cm³/mol. The highest BCUT2D eigenvalue weighted by atomic mass is 16.1. The Labute approximate surface area is 104 Å². The van der Waals surface area contributed by atoms with Crippen LogP contribution in [0.2, 0.25) is 0 Å². The zero-order chi connectivity index (χ0) is 12.8. The molecule has 1 aromatic rings. The molecule has 0 bridgehead atoms. The van der Waals surface area contributed by atoms with Gasteiger partial charge in [-0.15, -0.1) is 0 Å². The molecule has 0 spiro atoms. The Morgan fingerprint density at radius 3 is 2.71 bits per heavy atom. The third-order valence-electron chi connectivity index (χ3n) is 3.33. The van der Waals surface area contributed by atoms with Crippen LogP contribution in [0.3, 0.4) is 0 Å². The van der Waals surface area contributed by atoms with Gasteiger partial charge in [-0.2, -0.15) is 5.10 Å². The second kappa shape index (κ2) is 6.58. The zero-order valence-electron chi connectivity index (χ0n) is 11.4. The zero-order valence-corrected chi connectivity index (χ0v) is 11.4. The number of ketones is 1. The fourth-order valence-corrected chi connectivity index (χ4v) is 1.85. The summed E-state index contributed by atoms with van der Waals surface area (Å²) in [4.78, 5) is 11.9. The van der Waals surface area contributed by atoms with Crippen LogP contribution in [0.15, 0.2) is 12.3 Å². The summed E-state index contributed by atoms with van der Waals surface area (Å²) in [6, 6.07) is 2.37. The van der Waals surface area contributed by atoms with Crippen molar-refractivity contribution in [3.8, 4) is 0 Å². The molecule has 0 aliphatic carbocycles. The molecule has 0 aromatic carbocycles. The van der Waals surface area contributed by atoms with Gasteiger partial charge in [0.15, 0.2) is 0 Å². The van der Waals surface area contributed by atoms with Gasteiger partial charge >= 0.3 is 0 Å².